The van der Waals surface area contributed by atoms with Crippen molar-refractivity contribution in [2.24, 2.45) is 11.1 Å². The highest BCUT2D eigenvalue weighted by Crippen LogP contribution is 2.14. The number of amides is 2. The number of carbonyl (C=O) groups is 2. The molecule has 5 nitrogen and oxygen atoms in total. The van der Waals surface area contributed by atoms with Crippen LogP contribution < -0.4 is 16.4 Å². The second-order valence-electron chi connectivity index (χ2n) is 5.07. The van der Waals surface area contributed by atoms with Crippen LogP contribution in [0.3, 0.4) is 0 Å². The van der Waals surface area contributed by atoms with Crippen molar-refractivity contribution in [3.8, 4) is 0 Å². The first kappa shape index (κ1) is 18.4. The average Bonchev–Trinajstić information content (AvgIpc) is 2.43. The normalized spacial score (nSPS) is 12.0. The minimum absolute atomic E-state index is 0. The molecule has 0 aliphatic rings. The summed E-state index contributed by atoms with van der Waals surface area (Å²) in [5.41, 5.74) is 5.95. The van der Waals surface area contributed by atoms with E-state index in [4.69, 9.17) is 5.73 Å². The number of hydrogen-bond acceptors (Lipinski definition) is 3. The van der Waals surface area contributed by atoms with Crippen LogP contribution in [0.15, 0.2) is 30.3 Å². The molecule has 20 heavy (non-hydrogen) atoms. The van der Waals surface area contributed by atoms with E-state index >= 15 is 0 Å². The van der Waals surface area contributed by atoms with E-state index in [2.05, 4.69) is 10.6 Å². The van der Waals surface area contributed by atoms with Gasteiger partial charge >= 0.3 is 0 Å². The van der Waals surface area contributed by atoms with E-state index in [1.165, 1.54) is 0 Å². The van der Waals surface area contributed by atoms with Crippen molar-refractivity contribution in [3.05, 3.63) is 35.9 Å². The molecule has 0 radical (unpaired) electrons. The van der Waals surface area contributed by atoms with Crippen molar-refractivity contribution in [1.29, 1.82) is 0 Å². The van der Waals surface area contributed by atoms with Crippen LogP contribution in [-0.4, -0.2) is 25.4 Å². The Kier molecular flexibility index (Phi) is 7.24. The standard InChI is InChI=1S/C14H21N3O2.ClH/c1-14(2,13(19)16-3)9-17-12(18)11(15)10-7-5-4-6-8-10;/h4-8,11H,9,15H2,1-3H3,(H,16,19)(H,17,18);1H. The van der Waals surface area contributed by atoms with Gasteiger partial charge in [-0.1, -0.05) is 30.3 Å². The highest BCUT2D eigenvalue weighted by Gasteiger charge is 2.28. The summed E-state index contributed by atoms with van der Waals surface area (Å²) in [5, 5.41) is 5.28. The number of rotatable bonds is 5. The van der Waals surface area contributed by atoms with Gasteiger partial charge in [0.1, 0.15) is 6.04 Å². The van der Waals surface area contributed by atoms with E-state index in [0.29, 0.717) is 0 Å². The number of hydrogen-bond donors (Lipinski definition) is 3. The molecule has 0 heterocycles. The Bertz CT molecular complexity index is 449. The lowest BCUT2D eigenvalue weighted by atomic mass is 9.92. The molecule has 0 saturated heterocycles. The zero-order chi connectivity index (χ0) is 14.5. The van der Waals surface area contributed by atoms with Crippen molar-refractivity contribution in [1.82, 2.24) is 10.6 Å². The fraction of sp³-hybridized carbons (Fsp3) is 0.429. The zero-order valence-electron chi connectivity index (χ0n) is 12.0. The van der Waals surface area contributed by atoms with Crippen LogP contribution in [0.1, 0.15) is 25.5 Å². The first-order valence-electron chi connectivity index (χ1n) is 6.19. The molecule has 0 aromatic heterocycles. The minimum atomic E-state index is -0.721. The SMILES string of the molecule is CNC(=O)C(C)(C)CNC(=O)C(N)c1ccccc1.Cl. The van der Waals surface area contributed by atoms with Gasteiger partial charge < -0.3 is 16.4 Å². The molecule has 0 aliphatic carbocycles. The van der Waals surface area contributed by atoms with E-state index in [1.54, 1.807) is 33.0 Å². The molecule has 1 atom stereocenters. The molecule has 1 aromatic carbocycles. The molecule has 1 aromatic rings. The average molecular weight is 300 g/mol. The molecule has 0 spiro atoms. The molecule has 1 rings (SSSR count). The molecule has 2 amide bonds. The van der Waals surface area contributed by atoms with Crippen LogP contribution in [-0.2, 0) is 9.59 Å². The Hall–Kier alpha value is -1.59. The topological polar surface area (TPSA) is 84.2 Å². The number of benzene rings is 1. The van der Waals surface area contributed by atoms with Gasteiger partial charge in [-0.05, 0) is 19.4 Å². The largest absolute Gasteiger partial charge is 0.359 e. The number of carbonyl (C=O) groups excluding carboxylic acids is 2. The maximum Gasteiger partial charge on any atom is 0.241 e. The van der Waals surface area contributed by atoms with Gasteiger partial charge in [-0.15, -0.1) is 12.4 Å². The summed E-state index contributed by atoms with van der Waals surface area (Å²) in [6.07, 6.45) is 0. The zero-order valence-corrected chi connectivity index (χ0v) is 12.8. The quantitative estimate of drug-likeness (QED) is 0.758. The maximum absolute atomic E-state index is 11.9. The smallest absolute Gasteiger partial charge is 0.241 e. The van der Waals surface area contributed by atoms with Crippen molar-refractivity contribution < 1.29 is 9.59 Å². The second kappa shape index (κ2) is 7.87. The lowest BCUT2D eigenvalue weighted by molar-refractivity contribution is -0.129. The van der Waals surface area contributed by atoms with Gasteiger partial charge in [0.05, 0.1) is 5.41 Å². The Morgan fingerprint density at radius 2 is 1.80 bits per heavy atom. The van der Waals surface area contributed by atoms with Gasteiger partial charge in [0, 0.05) is 13.6 Å². The Balaban J connectivity index is 0.00000361. The minimum Gasteiger partial charge on any atom is -0.359 e. The van der Waals surface area contributed by atoms with E-state index in [9.17, 15) is 9.59 Å². The fourth-order valence-electron chi connectivity index (χ4n) is 1.65. The van der Waals surface area contributed by atoms with E-state index in [0.717, 1.165) is 5.56 Å². The Morgan fingerprint density at radius 3 is 2.30 bits per heavy atom. The summed E-state index contributed by atoms with van der Waals surface area (Å²) in [7, 11) is 1.57. The van der Waals surface area contributed by atoms with E-state index in [1.807, 2.05) is 18.2 Å². The highest BCUT2D eigenvalue weighted by molar-refractivity contribution is 5.86. The van der Waals surface area contributed by atoms with Gasteiger partial charge in [-0.2, -0.15) is 0 Å². The summed E-state index contributed by atoms with van der Waals surface area (Å²) in [4.78, 5) is 23.5. The molecule has 4 N–H and O–H groups in total. The Labute approximate surface area is 125 Å². The molecule has 1 unspecified atom stereocenters. The molecule has 0 fully saturated rings. The monoisotopic (exact) mass is 299 g/mol. The fourth-order valence-corrected chi connectivity index (χ4v) is 1.65. The van der Waals surface area contributed by atoms with Gasteiger partial charge in [-0.25, -0.2) is 0 Å². The van der Waals surface area contributed by atoms with E-state index in [-0.39, 0.29) is 30.8 Å². The summed E-state index contributed by atoms with van der Waals surface area (Å²) < 4.78 is 0. The lowest BCUT2D eigenvalue weighted by Gasteiger charge is -2.23. The maximum atomic E-state index is 11.9. The molecule has 112 valence electrons. The third-order valence-electron chi connectivity index (χ3n) is 2.99. The summed E-state index contributed by atoms with van der Waals surface area (Å²) in [5.74, 6) is -0.413. The molecular formula is C14H22ClN3O2. The Morgan fingerprint density at radius 1 is 1.25 bits per heavy atom. The predicted molar refractivity (Wildman–Crippen MR) is 81.5 cm³/mol. The first-order chi connectivity index (χ1) is 8.88. The van der Waals surface area contributed by atoms with Gasteiger partial charge in [-0.3, -0.25) is 9.59 Å². The van der Waals surface area contributed by atoms with Crippen molar-refractivity contribution >= 4 is 24.2 Å². The van der Waals surface area contributed by atoms with Crippen LogP contribution in [0.5, 0.6) is 0 Å². The number of nitrogens with one attached hydrogen (secondary N) is 2. The van der Waals surface area contributed by atoms with Crippen LogP contribution in [0, 0.1) is 5.41 Å². The second-order valence-corrected chi connectivity index (χ2v) is 5.07. The summed E-state index contributed by atoms with van der Waals surface area (Å²) >= 11 is 0. The van der Waals surface area contributed by atoms with Crippen molar-refractivity contribution in [2.75, 3.05) is 13.6 Å². The van der Waals surface area contributed by atoms with Crippen LogP contribution in [0.25, 0.3) is 0 Å². The third-order valence-corrected chi connectivity index (χ3v) is 2.99. The van der Waals surface area contributed by atoms with Gasteiger partial charge in [0.2, 0.25) is 11.8 Å². The molecule has 0 bridgehead atoms. The molecule has 0 aliphatic heterocycles. The molecule has 6 heteroatoms. The van der Waals surface area contributed by atoms with Crippen molar-refractivity contribution in [2.45, 2.75) is 19.9 Å². The number of halogens is 1. The summed E-state index contributed by atoms with van der Waals surface area (Å²) in [6, 6.07) is 8.40. The highest BCUT2D eigenvalue weighted by atomic mass is 35.5. The summed E-state index contributed by atoms with van der Waals surface area (Å²) in [6.45, 7) is 3.77. The molecule has 0 saturated carbocycles. The van der Waals surface area contributed by atoms with E-state index < -0.39 is 11.5 Å². The first-order valence-corrected chi connectivity index (χ1v) is 6.19. The molecular weight excluding hydrogens is 278 g/mol. The van der Waals surface area contributed by atoms with Gasteiger partial charge in [0.15, 0.2) is 0 Å². The number of nitrogens with two attached hydrogens (primary N) is 1. The van der Waals surface area contributed by atoms with Gasteiger partial charge in [0.25, 0.3) is 0 Å². The van der Waals surface area contributed by atoms with Crippen LogP contribution >= 0.6 is 12.4 Å². The van der Waals surface area contributed by atoms with Crippen LogP contribution in [0.4, 0.5) is 0 Å². The third kappa shape index (κ3) is 4.83. The van der Waals surface area contributed by atoms with Crippen molar-refractivity contribution in [3.63, 3.8) is 0 Å². The van der Waals surface area contributed by atoms with Crippen LogP contribution in [0.2, 0.25) is 0 Å². The predicted octanol–water partition coefficient (Wildman–Crippen LogP) is 0.997. The lowest BCUT2D eigenvalue weighted by Crippen LogP contribution is -2.45.